The Morgan fingerprint density at radius 3 is 2.72 bits per heavy atom. The highest BCUT2D eigenvalue weighted by molar-refractivity contribution is 6.30. The topological polar surface area (TPSA) is 71.0 Å². The maximum Gasteiger partial charge on any atom is 0.222 e. The predicted octanol–water partition coefficient (Wildman–Crippen LogP) is 2.37. The smallest absolute Gasteiger partial charge is 0.222 e. The van der Waals surface area contributed by atoms with Gasteiger partial charge in [0.15, 0.2) is 0 Å². The summed E-state index contributed by atoms with van der Waals surface area (Å²) in [6.07, 6.45) is 4.21. The zero-order chi connectivity index (χ0) is 20.2. The van der Waals surface area contributed by atoms with Crippen molar-refractivity contribution in [3.05, 3.63) is 34.9 Å². The Morgan fingerprint density at radius 2 is 1.97 bits per heavy atom. The Bertz CT molecular complexity index is 682. The van der Waals surface area contributed by atoms with Gasteiger partial charge in [-0.3, -0.25) is 9.69 Å². The number of carbonyl (C=O) groups excluding carboxylic acids is 1. The third-order valence-electron chi connectivity index (χ3n) is 6.09. The maximum atomic E-state index is 12.4. The van der Waals surface area contributed by atoms with Crippen LogP contribution in [0.1, 0.15) is 37.7 Å². The van der Waals surface area contributed by atoms with E-state index in [0.29, 0.717) is 37.7 Å². The molecule has 0 bridgehead atoms. The molecule has 3 aliphatic rings. The number of β-amino-alcohol motifs (C(OH)–C–C–N with tert-alkyl or cyclic N) is 1. The fraction of sp³-hybridized carbons (Fsp3) is 0.682. The van der Waals surface area contributed by atoms with Crippen LogP contribution in [-0.4, -0.2) is 66.6 Å². The van der Waals surface area contributed by atoms with E-state index in [-0.39, 0.29) is 24.2 Å². The van der Waals surface area contributed by atoms with Gasteiger partial charge in [0, 0.05) is 30.7 Å². The Morgan fingerprint density at radius 1 is 1.17 bits per heavy atom. The first-order valence-electron chi connectivity index (χ1n) is 10.7. The Labute approximate surface area is 177 Å². The van der Waals surface area contributed by atoms with Gasteiger partial charge in [-0.05, 0) is 49.3 Å². The molecule has 1 aliphatic carbocycles. The van der Waals surface area contributed by atoms with E-state index in [4.69, 9.17) is 21.1 Å². The highest BCUT2D eigenvalue weighted by Crippen LogP contribution is 2.34. The van der Waals surface area contributed by atoms with Gasteiger partial charge in [0.05, 0.1) is 37.9 Å². The Kier molecular flexibility index (Phi) is 7.08. The van der Waals surface area contributed by atoms with Gasteiger partial charge in [0.1, 0.15) is 0 Å². The van der Waals surface area contributed by atoms with Crippen LogP contribution in [0.2, 0.25) is 5.02 Å². The lowest BCUT2D eigenvalue weighted by atomic mass is 9.94. The fourth-order valence-electron chi connectivity index (χ4n) is 4.37. The number of benzene rings is 1. The Hall–Kier alpha value is -1.18. The van der Waals surface area contributed by atoms with E-state index in [1.54, 1.807) is 0 Å². The molecule has 3 fully saturated rings. The van der Waals surface area contributed by atoms with E-state index < -0.39 is 6.10 Å². The molecule has 1 aromatic carbocycles. The first-order valence-corrected chi connectivity index (χ1v) is 11.1. The largest absolute Gasteiger partial charge is 0.389 e. The summed E-state index contributed by atoms with van der Waals surface area (Å²) >= 11 is 5.90. The summed E-state index contributed by atoms with van der Waals surface area (Å²) in [4.78, 5) is 14.8. The van der Waals surface area contributed by atoms with Crippen LogP contribution in [0.5, 0.6) is 0 Å². The number of hydrogen-bond donors (Lipinski definition) is 2. The second-order valence-electron chi connectivity index (χ2n) is 8.64. The minimum absolute atomic E-state index is 0.000390. The van der Waals surface area contributed by atoms with Crippen LogP contribution in [0.4, 0.5) is 0 Å². The molecular formula is C22H31ClN2O4. The number of carbonyl (C=O) groups is 1. The van der Waals surface area contributed by atoms with Crippen molar-refractivity contribution in [3.63, 3.8) is 0 Å². The molecule has 2 saturated heterocycles. The van der Waals surface area contributed by atoms with E-state index >= 15 is 0 Å². The zero-order valence-corrected chi connectivity index (χ0v) is 17.5. The minimum Gasteiger partial charge on any atom is -0.389 e. The number of rotatable bonds is 6. The van der Waals surface area contributed by atoms with Gasteiger partial charge in [0.2, 0.25) is 5.91 Å². The highest BCUT2D eigenvalue weighted by atomic mass is 35.5. The molecule has 0 spiro atoms. The summed E-state index contributed by atoms with van der Waals surface area (Å²) in [7, 11) is 0. The van der Waals surface area contributed by atoms with Gasteiger partial charge in [0.25, 0.3) is 0 Å². The molecule has 1 amide bonds. The van der Waals surface area contributed by atoms with Crippen LogP contribution in [0.15, 0.2) is 24.3 Å². The van der Waals surface area contributed by atoms with Gasteiger partial charge < -0.3 is 19.9 Å². The van der Waals surface area contributed by atoms with Crippen molar-refractivity contribution in [1.82, 2.24) is 10.2 Å². The SMILES string of the molecule is O=C(C[C@H]1CC[C@@H]2[C@H](COC[C@H](O)CN2CC2CC2)O1)NCc1ccc(Cl)cc1. The summed E-state index contributed by atoms with van der Waals surface area (Å²) in [5.74, 6) is 0.764. The normalized spacial score (nSPS) is 30.8. The van der Waals surface area contributed by atoms with Crippen molar-refractivity contribution in [3.8, 4) is 0 Å². The summed E-state index contributed by atoms with van der Waals surface area (Å²) in [5, 5.41) is 13.8. The van der Waals surface area contributed by atoms with Crippen LogP contribution in [-0.2, 0) is 20.8 Å². The molecule has 2 heterocycles. The number of halogens is 1. The number of hydrogen-bond acceptors (Lipinski definition) is 5. The standard InChI is InChI=1S/C22H31ClN2O4/c23-17-5-3-15(4-6-17)10-24-22(27)9-19-7-8-20-21(29-19)14-28-13-18(26)12-25(20)11-16-1-2-16/h3-6,16,18-21,26H,1-2,7-14H2,(H,24,27)/t18-,19-,20-,21+/m1/s1. The van der Waals surface area contributed by atoms with E-state index in [1.807, 2.05) is 24.3 Å². The van der Waals surface area contributed by atoms with Crippen LogP contribution >= 0.6 is 11.6 Å². The van der Waals surface area contributed by atoms with Gasteiger partial charge in [-0.1, -0.05) is 23.7 Å². The maximum absolute atomic E-state index is 12.4. The lowest BCUT2D eigenvalue weighted by Gasteiger charge is -2.44. The molecule has 4 atom stereocenters. The molecule has 0 unspecified atom stereocenters. The monoisotopic (exact) mass is 422 g/mol. The minimum atomic E-state index is -0.439. The lowest BCUT2D eigenvalue weighted by molar-refractivity contribution is -0.157. The van der Waals surface area contributed by atoms with Crippen molar-refractivity contribution in [1.29, 1.82) is 0 Å². The number of nitrogens with one attached hydrogen (secondary N) is 1. The second-order valence-corrected chi connectivity index (χ2v) is 9.07. The number of nitrogens with zero attached hydrogens (tertiary/aromatic N) is 1. The molecule has 29 heavy (non-hydrogen) atoms. The summed E-state index contributed by atoms with van der Waals surface area (Å²) in [6.45, 7) is 3.00. The number of aliphatic hydroxyl groups is 1. The van der Waals surface area contributed by atoms with Crippen molar-refractivity contribution in [2.45, 2.75) is 63.0 Å². The molecule has 0 aromatic heterocycles. The van der Waals surface area contributed by atoms with E-state index in [1.165, 1.54) is 12.8 Å². The molecule has 160 valence electrons. The highest BCUT2D eigenvalue weighted by Gasteiger charge is 2.39. The third kappa shape index (κ3) is 6.15. The molecule has 4 rings (SSSR count). The fourth-order valence-corrected chi connectivity index (χ4v) is 4.50. The van der Waals surface area contributed by atoms with Gasteiger partial charge in [-0.2, -0.15) is 0 Å². The number of amides is 1. The first-order chi connectivity index (χ1) is 14.1. The molecule has 7 heteroatoms. The van der Waals surface area contributed by atoms with Crippen LogP contribution in [0.3, 0.4) is 0 Å². The van der Waals surface area contributed by atoms with E-state index in [0.717, 1.165) is 30.9 Å². The van der Waals surface area contributed by atoms with Crippen molar-refractivity contribution in [2.24, 2.45) is 5.92 Å². The van der Waals surface area contributed by atoms with Crippen molar-refractivity contribution < 1.29 is 19.4 Å². The van der Waals surface area contributed by atoms with Crippen LogP contribution < -0.4 is 5.32 Å². The summed E-state index contributed by atoms with van der Waals surface area (Å²) < 4.78 is 12.0. The summed E-state index contributed by atoms with van der Waals surface area (Å²) in [5.41, 5.74) is 1.02. The molecule has 6 nitrogen and oxygen atoms in total. The number of ether oxygens (including phenoxy) is 2. The molecular weight excluding hydrogens is 392 g/mol. The van der Waals surface area contributed by atoms with E-state index in [9.17, 15) is 9.90 Å². The molecule has 2 aliphatic heterocycles. The van der Waals surface area contributed by atoms with Crippen molar-refractivity contribution >= 4 is 17.5 Å². The van der Waals surface area contributed by atoms with Crippen molar-refractivity contribution in [2.75, 3.05) is 26.3 Å². The number of aliphatic hydroxyl groups excluding tert-OH is 1. The predicted molar refractivity (Wildman–Crippen MR) is 111 cm³/mol. The number of fused-ring (bicyclic) bond motifs is 1. The van der Waals surface area contributed by atoms with Gasteiger partial charge in [-0.15, -0.1) is 0 Å². The van der Waals surface area contributed by atoms with Crippen LogP contribution in [0.25, 0.3) is 0 Å². The second kappa shape index (κ2) is 9.75. The van der Waals surface area contributed by atoms with Gasteiger partial charge >= 0.3 is 0 Å². The summed E-state index contributed by atoms with van der Waals surface area (Å²) in [6, 6.07) is 7.75. The average molecular weight is 423 g/mol. The zero-order valence-electron chi connectivity index (χ0n) is 16.8. The molecule has 0 radical (unpaired) electrons. The van der Waals surface area contributed by atoms with Crippen LogP contribution in [0, 0.1) is 5.92 Å². The average Bonchev–Trinajstić information content (AvgIpc) is 3.50. The molecule has 2 N–H and O–H groups in total. The first kappa shape index (κ1) is 21.1. The molecule has 1 aromatic rings. The molecule has 1 saturated carbocycles. The van der Waals surface area contributed by atoms with E-state index in [2.05, 4.69) is 10.2 Å². The lowest BCUT2D eigenvalue weighted by Crippen LogP contribution is -2.56. The third-order valence-corrected chi connectivity index (χ3v) is 6.35. The Balaban J connectivity index is 1.28. The quantitative estimate of drug-likeness (QED) is 0.736. The van der Waals surface area contributed by atoms with Gasteiger partial charge in [-0.25, -0.2) is 0 Å².